The molecule has 33 heteroatoms. The van der Waals surface area contributed by atoms with Crippen LogP contribution in [0.2, 0.25) is 0 Å². The van der Waals surface area contributed by atoms with Crippen molar-refractivity contribution in [1.29, 1.82) is 0 Å². The minimum Gasteiger partial charge on any atom is -0.481 e. The fourth-order valence-corrected chi connectivity index (χ4v) is 13.6. The van der Waals surface area contributed by atoms with E-state index in [4.69, 9.17) is 28.7 Å². The van der Waals surface area contributed by atoms with Gasteiger partial charge in [-0.25, -0.2) is 37.4 Å². The number of pyridine rings is 2. The number of sulfonamides is 1. The van der Waals surface area contributed by atoms with Crippen molar-refractivity contribution in [2.45, 2.75) is 134 Å². The Morgan fingerprint density at radius 3 is 2.02 bits per heavy atom. The van der Waals surface area contributed by atoms with E-state index in [0.717, 1.165) is 22.0 Å². The van der Waals surface area contributed by atoms with Crippen molar-refractivity contribution in [3.8, 4) is 11.4 Å². The molecule has 5 heterocycles. The average Bonchev–Trinajstić information content (AvgIpc) is 1.63. The number of aryl methyl sites for hydroxylation is 1. The van der Waals surface area contributed by atoms with E-state index in [0.29, 0.717) is 48.6 Å². The smallest absolute Gasteiger partial charge is 0.355 e. The van der Waals surface area contributed by atoms with E-state index in [1.807, 2.05) is 38.1 Å². The summed E-state index contributed by atoms with van der Waals surface area (Å²) in [5.74, 6) is -7.46. The second-order valence-electron chi connectivity index (χ2n) is 25.4. The number of urea groups is 3. The molecule has 0 unspecified atom stereocenters. The number of carboxylic acids is 2. The number of hydrogen-bond acceptors (Lipinski definition) is 19. The van der Waals surface area contributed by atoms with Gasteiger partial charge in [0.1, 0.15) is 24.7 Å². The van der Waals surface area contributed by atoms with Crippen molar-refractivity contribution in [2.24, 2.45) is 5.92 Å². The number of hydrogen-bond donors (Lipinski definition) is 11. The van der Waals surface area contributed by atoms with Gasteiger partial charge in [0.25, 0.3) is 15.6 Å². The maximum Gasteiger partial charge on any atom is 0.355 e. The van der Waals surface area contributed by atoms with Crippen LogP contribution in [-0.4, -0.2) is 170 Å². The van der Waals surface area contributed by atoms with Crippen molar-refractivity contribution < 1.29 is 90.3 Å². The fraction of sp³-hybridized carbons (Fsp3) is 0.417. The maximum atomic E-state index is 14.4. The van der Waals surface area contributed by atoms with E-state index in [9.17, 15) is 71.4 Å². The summed E-state index contributed by atoms with van der Waals surface area (Å²) in [6.07, 6.45) is 0.0934. The molecule has 4 aromatic carbocycles. The van der Waals surface area contributed by atoms with E-state index in [2.05, 4.69) is 47.3 Å². The average molecular weight is 1470 g/mol. The number of rotatable bonds is 35. The SMILES string of the molecule is CCCNC(=O)Nc1cccc(S(=O)(=O)Nc2cccc([C@@H](CC(=O)O)NC(=O)Nc3ccc(NC(=O)NCCOCCOCCOCCC(=O)N[C@@H](CC(=O)O)C(=O)N4CCC[C@H]4C(=O)N[C@H](C(=O)O[C@]4(CC)C(=O)OCc5c4cc4n(c5=O)Cc5c-4nc4ccccc4c5CC)C(C)C)cc3)c2)c1. The van der Waals surface area contributed by atoms with Crippen LogP contribution >= 0.6 is 0 Å². The summed E-state index contributed by atoms with van der Waals surface area (Å²) in [6.45, 7) is 9.78. The van der Waals surface area contributed by atoms with E-state index in [1.165, 1.54) is 77.7 Å². The Bertz CT molecular complexity index is 4420. The number of cyclic esters (lactones) is 1. The van der Waals surface area contributed by atoms with Gasteiger partial charge in [-0.15, -0.1) is 0 Å². The molecule has 1 saturated heterocycles. The Morgan fingerprint density at radius 1 is 0.695 bits per heavy atom. The van der Waals surface area contributed by atoms with Crippen molar-refractivity contribution in [3.63, 3.8) is 0 Å². The maximum absolute atomic E-state index is 14.4. The van der Waals surface area contributed by atoms with Crippen LogP contribution in [0.3, 0.4) is 0 Å². The standard InChI is InChI=1S/C72H86N12O20S/c1-6-26-73-69(95)77-46-15-12-17-48(36-46)105(98,99)82-47-16-11-14-43(35-47)55(38-60(86)87)80-71(97)76-45-23-21-44(22-24-45)75-70(96)74-27-30-101-32-34-102-33-31-100-29-25-59(85)78-56(39-61(88)89)66(92)83-28-13-20-57(83)64(90)81-62(42(4)5)67(93)104-72(8-3)53-37-58-63-51(40-84(58)65(91)52(53)41-103-68(72)94)49(7-2)50-18-9-10-19-54(50)79-63/h9-12,14-19,21-24,35-37,42,55-57,62,82H,6-8,13,20,25-34,38-41H2,1-5H3,(H,78,85)(H,81,90)(H,86,87)(H,88,89)(H2,73,77,95)(H2,74,75,96)(H2,76,80,97)/t55-,56+,57+,62+,72+/m1/s1. The number of ether oxygens (including phenoxy) is 5. The third-order valence-electron chi connectivity index (χ3n) is 17.7. The van der Waals surface area contributed by atoms with Gasteiger partial charge in [0, 0.05) is 65.3 Å². The zero-order chi connectivity index (χ0) is 75.5. The molecule has 560 valence electrons. The van der Waals surface area contributed by atoms with E-state index in [1.54, 1.807) is 31.4 Å². The van der Waals surface area contributed by atoms with Crippen molar-refractivity contribution in [3.05, 3.63) is 141 Å². The fourth-order valence-electron chi connectivity index (χ4n) is 12.5. The minimum atomic E-state index is -4.19. The second kappa shape index (κ2) is 35.9. The van der Waals surface area contributed by atoms with E-state index < -0.39 is 124 Å². The van der Waals surface area contributed by atoms with Crippen LogP contribution in [0.25, 0.3) is 22.3 Å². The lowest BCUT2D eigenvalue weighted by Gasteiger charge is -2.37. The summed E-state index contributed by atoms with van der Waals surface area (Å²) in [5.41, 5.74) is 2.70. The molecule has 6 aromatic rings. The molecular weight excluding hydrogens is 1380 g/mol. The molecule has 9 amide bonds. The first-order chi connectivity index (χ1) is 50.3. The van der Waals surface area contributed by atoms with Crippen LogP contribution in [0.15, 0.2) is 113 Å². The summed E-state index contributed by atoms with van der Waals surface area (Å²) in [6, 6.07) is 19.8. The highest BCUT2D eigenvalue weighted by atomic mass is 32.2. The minimum absolute atomic E-state index is 0.0348. The van der Waals surface area contributed by atoms with Gasteiger partial charge in [-0.3, -0.25) is 33.5 Å². The van der Waals surface area contributed by atoms with Gasteiger partial charge in [-0.1, -0.05) is 71.0 Å². The monoisotopic (exact) mass is 1470 g/mol. The molecule has 0 bridgehead atoms. The molecule has 1 fully saturated rings. The van der Waals surface area contributed by atoms with Gasteiger partial charge < -0.3 is 85.9 Å². The van der Waals surface area contributed by atoms with Gasteiger partial charge in [0.2, 0.25) is 23.3 Å². The Labute approximate surface area is 604 Å². The number of carbonyl (C=O) groups is 10. The summed E-state index contributed by atoms with van der Waals surface area (Å²) < 4.78 is 59.1. The number of likely N-dealkylation sites (tertiary alicyclic amines) is 1. The predicted octanol–water partition coefficient (Wildman–Crippen LogP) is 6.22. The van der Waals surface area contributed by atoms with Gasteiger partial charge >= 0.3 is 42.0 Å². The lowest BCUT2D eigenvalue weighted by molar-refractivity contribution is -0.191. The number of nitrogens with zero attached hydrogens (tertiary/aromatic N) is 3. The lowest BCUT2D eigenvalue weighted by atomic mass is 9.85. The summed E-state index contributed by atoms with van der Waals surface area (Å²) >= 11 is 0. The lowest BCUT2D eigenvalue weighted by Crippen LogP contribution is -2.57. The number of carbonyl (C=O) groups excluding carboxylic acids is 8. The zero-order valence-corrected chi connectivity index (χ0v) is 59.4. The highest BCUT2D eigenvalue weighted by Gasteiger charge is 2.52. The molecule has 9 rings (SSSR count). The van der Waals surface area contributed by atoms with Crippen LogP contribution in [0.5, 0.6) is 0 Å². The number of fused-ring (bicyclic) bond motifs is 5. The van der Waals surface area contributed by atoms with Crippen molar-refractivity contribution >= 4 is 103 Å². The summed E-state index contributed by atoms with van der Waals surface area (Å²) in [7, 11) is -4.19. The molecule has 32 nitrogen and oxygen atoms in total. The first-order valence-corrected chi connectivity index (χ1v) is 36.0. The van der Waals surface area contributed by atoms with Crippen LogP contribution in [0.1, 0.15) is 113 Å². The Kier molecular flexibility index (Phi) is 26.7. The normalized spacial score (nSPS) is 15.9. The molecule has 105 heavy (non-hydrogen) atoms. The Balaban J connectivity index is 0.657. The van der Waals surface area contributed by atoms with Gasteiger partial charge in [-0.2, -0.15) is 0 Å². The summed E-state index contributed by atoms with van der Waals surface area (Å²) in [4.78, 5) is 152. The van der Waals surface area contributed by atoms with Gasteiger partial charge in [0.15, 0.2) is 0 Å². The van der Waals surface area contributed by atoms with Gasteiger partial charge in [0.05, 0.1) is 92.4 Å². The van der Waals surface area contributed by atoms with Gasteiger partial charge in [-0.05, 0) is 116 Å². The number of aliphatic carboxylic acids is 2. The van der Waals surface area contributed by atoms with E-state index in [-0.39, 0.29) is 118 Å². The summed E-state index contributed by atoms with van der Waals surface area (Å²) in [5, 5.41) is 41.3. The number of nitrogens with one attached hydrogen (secondary N) is 9. The van der Waals surface area contributed by atoms with Crippen molar-refractivity contribution in [1.82, 2.24) is 41.0 Å². The predicted molar refractivity (Wildman–Crippen MR) is 382 cm³/mol. The first-order valence-electron chi connectivity index (χ1n) is 34.5. The highest BCUT2D eigenvalue weighted by Crippen LogP contribution is 2.43. The Morgan fingerprint density at radius 2 is 1.34 bits per heavy atom. The number of anilines is 4. The third-order valence-corrected chi connectivity index (χ3v) is 19.1. The number of para-hydroxylation sites is 1. The first kappa shape index (κ1) is 78.1. The molecule has 3 aliphatic rings. The van der Waals surface area contributed by atoms with Crippen LogP contribution < -0.4 is 52.8 Å². The van der Waals surface area contributed by atoms with Crippen molar-refractivity contribution in [2.75, 3.05) is 79.9 Å². The number of carboxylic acid groups (broad SMARTS) is 2. The molecule has 3 aliphatic heterocycles. The molecular formula is C72H86N12O20S. The van der Waals surface area contributed by atoms with E-state index >= 15 is 0 Å². The molecule has 11 N–H and O–H groups in total. The molecule has 2 aromatic heterocycles. The zero-order valence-electron chi connectivity index (χ0n) is 58.6. The van der Waals surface area contributed by atoms with Crippen LogP contribution in [0, 0.1) is 5.92 Å². The third kappa shape index (κ3) is 19.8. The quantitative estimate of drug-likeness (QED) is 0.0155. The molecule has 0 spiro atoms. The largest absolute Gasteiger partial charge is 0.481 e. The number of benzene rings is 4. The molecule has 0 radical (unpaired) electrons. The molecule has 0 saturated carbocycles. The molecule has 5 atom stereocenters. The topological polar surface area (TPSA) is 438 Å². The number of esters is 2. The Hall–Kier alpha value is -11.0. The van der Waals surface area contributed by atoms with Crippen LogP contribution in [-0.2, 0) is 92.4 Å². The number of aromatic nitrogens is 2. The number of amides is 9. The van der Waals surface area contributed by atoms with Crippen LogP contribution in [0.4, 0.5) is 37.1 Å². The second-order valence-corrected chi connectivity index (χ2v) is 27.0. The molecule has 0 aliphatic carbocycles. The highest BCUT2D eigenvalue weighted by molar-refractivity contribution is 7.92.